The first-order valence-electron chi connectivity index (χ1n) is 11.9. The van der Waals surface area contributed by atoms with Gasteiger partial charge in [0.05, 0.1) is 6.04 Å². The van der Waals surface area contributed by atoms with Gasteiger partial charge >= 0.3 is 5.97 Å². The van der Waals surface area contributed by atoms with E-state index in [2.05, 4.69) is 16.0 Å². The molecule has 11 nitrogen and oxygen atoms in total. The number of carboxylic acid groups (broad SMARTS) is 1. The van der Waals surface area contributed by atoms with E-state index in [1.54, 1.807) is 13.8 Å². The third-order valence-corrected chi connectivity index (χ3v) is 5.95. The summed E-state index contributed by atoms with van der Waals surface area (Å²) in [6.45, 7) is 11.0. The molecule has 0 fully saturated rings. The van der Waals surface area contributed by atoms with Crippen LogP contribution in [0.1, 0.15) is 73.6 Å². The van der Waals surface area contributed by atoms with Crippen molar-refractivity contribution in [2.45, 2.75) is 97.8 Å². The highest BCUT2D eigenvalue weighted by molar-refractivity contribution is 5.94. The van der Waals surface area contributed by atoms with Gasteiger partial charge in [-0.15, -0.1) is 0 Å². The van der Waals surface area contributed by atoms with Crippen LogP contribution in [0.2, 0.25) is 0 Å². The average molecular weight is 486 g/mol. The Labute approximate surface area is 202 Å². The Kier molecular flexibility index (Phi) is 14.1. The number of hydrogen-bond donors (Lipinski definition) is 6. The van der Waals surface area contributed by atoms with Gasteiger partial charge in [-0.2, -0.15) is 0 Å². The van der Waals surface area contributed by atoms with Crippen molar-refractivity contribution >= 4 is 29.6 Å². The van der Waals surface area contributed by atoms with Crippen LogP contribution in [0.3, 0.4) is 0 Å². The maximum atomic E-state index is 13.2. The van der Waals surface area contributed by atoms with Gasteiger partial charge in [0.2, 0.25) is 23.6 Å². The Morgan fingerprint density at radius 1 is 0.794 bits per heavy atom. The Bertz CT molecular complexity index is 714. The van der Waals surface area contributed by atoms with E-state index >= 15 is 0 Å². The molecule has 0 heterocycles. The predicted molar refractivity (Wildman–Crippen MR) is 128 cm³/mol. The molecular weight excluding hydrogens is 442 g/mol. The first-order valence-corrected chi connectivity index (χ1v) is 11.9. The molecule has 0 spiro atoms. The van der Waals surface area contributed by atoms with Crippen molar-refractivity contribution in [1.82, 2.24) is 16.0 Å². The van der Waals surface area contributed by atoms with Crippen LogP contribution in [0, 0.1) is 17.8 Å². The molecule has 0 bridgehead atoms. The van der Waals surface area contributed by atoms with Crippen LogP contribution in [-0.2, 0) is 24.0 Å². The van der Waals surface area contributed by atoms with Crippen LogP contribution in [0.4, 0.5) is 0 Å². The smallest absolute Gasteiger partial charge is 0.326 e. The van der Waals surface area contributed by atoms with Crippen molar-refractivity contribution in [1.29, 1.82) is 0 Å². The zero-order chi connectivity index (χ0) is 26.6. The highest BCUT2D eigenvalue weighted by Crippen LogP contribution is 2.14. The minimum Gasteiger partial charge on any atom is -0.480 e. The van der Waals surface area contributed by atoms with Gasteiger partial charge in [0.25, 0.3) is 0 Å². The normalized spacial score (nSPS) is 16.5. The van der Waals surface area contributed by atoms with Gasteiger partial charge in [0.15, 0.2) is 0 Å². The lowest BCUT2D eigenvalue weighted by atomic mass is 9.94. The van der Waals surface area contributed by atoms with Crippen LogP contribution in [-0.4, -0.2) is 58.9 Å². The van der Waals surface area contributed by atoms with Crippen molar-refractivity contribution in [3.8, 4) is 0 Å². The summed E-state index contributed by atoms with van der Waals surface area (Å²) < 4.78 is 0. The van der Waals surface area contributed by atoms with Crippen molar-refractivity contribution in [2.75, 3.05) is 0 Å². The molecule has 0 radical (unpaired) electrons. The van der Waals surface area contributed by atoms with Crippen molar-refractivity contribution in [3.63, 3.8) is 0 Å². The Hall–Kier alpha value is -2.69. The molecule has 6 unspecified atom stereocenters. The Morgan fingerprint density at radius 2 is 1.24 bits per heavy atom. The van der Waals surface area contributed by atoms with Crippen molar-refractivity contribution in [3.05, 3.63) is 0 Å². The molecule has 4 amide bonds. The van der Waals surface area contributed by atoms with E-state index in [-0.39, 0.29) is 37.0 Å². The second-order valence-corrected chi connectivity index (χ2v) is 9.38. The Morgan fingerprint density at radius 3 is 1.62 bits per heavy atom. The highest BCUT2D eigenvalue weighted by Gasteiger charge is 2.34. The molecule has 0 rings (SSSR count). The van der Waals surface area contributed by atoms with E-state index < -0.39 is 53.8 Å². The maximum Gasteiger partial charge on any atom is 0.326 e. The summed E-state index contributed by atoms with van der Waals surface area (Å²) in [4.78, 5) is 61.2. The minimum absolute atomic E-state index is 0.0420. The van der Waals surface area contributed by atoms with E-state index in [1.165, 1.54) is 0 Å². The number of amides is 4. The summed E-state index contributed by atoms with van der Waals surface area (Å²) in [6.07, 6.45) is 1.34. The molecule has 34 heavy (non-hydrogen) atoms. The first-order chi connectivity index (χ1) is 15.7. The first kappa shape index (κ1) is 31.3. The monoisotopic (exact) mass is 485 g/mol. The van der Waals surface area contributed by atoms with Crippen LogP contribution in [0.5, 0.6) is 0 Å². The highest BCUT2D eigenvalue weighted by atomic mass is 16.4. The number of hydrogen-bond acceptors (Lipinski definition) is 6. The van der Waals surface area contributed by atoms with Crippen LogP contribution in [0.25, 0.3) is 0 Å². The van der Waals surface area contributed by atoms with E-state index in [4.69, 9.17) is 11.5 Å². The number of nitrogens with two attached hydrogens (primary N) is 2. The van der Waals surface area contributed by atoms with E-state index in [1.807, 2.05) is 27.7 Å². The largest absolute Gasteiger partial charge is 0.480 e. The summed E-state index contributed by atoms with van der Waals surface area (Å²) >= 11 is 0. The van der Waals surface area contributed by atoms with Crippen LogP contribution >= 0.6 is 0 Å². The topological polar surface area (TPSA) is 194 Å². The number of nitrogens with one attached hydrogen (secondary N) is 3. The van der Waals surface area contributed by atoms with Gasteiger partial charge in [-0.05, 0) is 30.6 Å². The fraction of sp³-hybridized carbons (Fsp3) is 0.783. The lowest BCUT2D eigenvalue weighted by Crippen LogP contribution is -2.60. The molecule has 8 N–H and O–H groups in total. The van der Waals surface area contributed by atoms with Gasteiger partial charge in [-0.3, -0.25) is 19.2 Å². The fourth-order valence-electron chi connectivity index (χ4n) is 3.29. The molecule has 0 aromatic carbocycles. The maximum absolute atomic E-state index is 13.2. The number of carbonyl (C=O) groups is 5. The third kappa shape index (κ3) is 11.0. The quantitative estimate of drug-likeness (QED) is 0.180. The summed E-state index contributed by atoms with van der Waals surface area (Å²) in [5, 5.41) is 17.3. The number of rotatable bonds is 16. The van der Waals surface area contributed by atoms with E-state index in [0.717, 1.165) is 0 Å². The van der Waals surface area contributed by atoms with Crippen LogP contribution in [0.15, 0.2) is 0 Å². The molecule has 0 aliphatic rings. The summed E-state index contributed by atoms with van der Waals surface area (Å²) in [5.74, 6) is -4.02. The second-order valence-electron chi connectivity index (χ2n) is 9.38. The van der Waals surface area contributed by atoms with Gasteiger partial charge in [-0.25, -0.2) is 4.79 Å². The standard InChI is InChI=1S/C23H43N5O6/c1-7-13(5)18(21(31)26-16(23(33)34)11-12(3)4)28-22(32)19(14(6)8-2)27-20(30)15(24)9-10-17(25)29/h12-16,18-19H,7-11,24H2,1-6H3,(H2,25,29)(H,26,31)(H,27,30)(H,28,32)(H,33,34). The molecule has 0 aliphatic carbocycles. The fourth-order valence-corrected chi connectivity index (χ4v) is 3.29. The number of aliphatic carboxylic acids is 1. The Balaban J connectivity index is 5.58. The van der Waals surface area contributed by atoms with Gasteiger partial charge in [0, 0.05) is 6.42 Å². The molecule has 196 valence electrons. The molecule has 0 saturated heterocycles. The molecule has 11 heteroatoms. The second kappa shape index (κ2) is 15.3. The number of carboxylic acids is 1. The van der Waals surface area contributed by atoms with E-state index in [9.17, 15) is 29.1 Å². The van der Waals surface area contributed by atoms with Gasteiger partial charge in [0.1, 0.15) is 18.1 Å². The number of carbonyl (C=O) groups excluding carboxylic acids is 4. The SMILES string of the molecule is CCC(C)C(NC(=O)C(N)CCC(N)=O)C(=O)NC(C(=O)NC(CC(C)C)C(=O)O)C(C)CC. The molecule has 0 aliphatic heterocycles. The number of primary amides is 1. The van der Waals surface area contributed by atoms with Crippen molar-refractivity contribution in [2.24, 2.45) is 29.2 Å². The van der Waals surface area contributed by atoms with Gasteiger partial charge in [-0.1, -0.05) is 54.4 Å². The molecule has 6 atom stereocenters. The lowest BCUT2D eigenvalue weighted by Gasteiger charge is -2.30. The lowest BCUT2D eigenvalue weighted by molar-refractivity contribution is -0.143. The zero-order valence-electron chi connectivity index (χ0n) is 21.2. The summed E-state index contributed by atoms with van der Waals surface area (Å²) in [5.41, 5.74) is 10.9. The predicted octanol–water partition coefficient (Wildman–Crippen LogP) is 0.257. The van der Waals surface area contributed by atoms with E-state index in [0.29, 0.717) is 12.8 Å². The third-order valence-electron chi connectivity index (χ3n) is 5.95. The minimum atomic E-state index is -1.15. The summed E-state index contributed by atoms with van der Waals surface area (Å²) in [6, 6.07) is -4.06. The van der Waals surface area contributed by atoms with Gasteiger partial charge < -0.3 is 32.5 Å². The molecule has 0 aromatic rings. The molecular formula is C23H43N5O6. The molecule has 0 aromatic heterocycles. The molecule has 0 saturated carbocycles. The van der Waals surface area contributed by atoms with Crippen molar-refractivity contribution < 1.29 is 29.1 Å². The zero-order valence-corrected chi connectivity index (χ0v) is 21.2. The average Bonchev–Trinajstić information content (AvgIpc) is 2.76. The van der Waals surface area contributed by atoms with Crippen LogP contribution < -0.4 is 27.4 Å². The summed E-state index contributed by atoms with van der Waals surface area (Å²) in [7, 11) is 0.